The Bertz CT molecular complexity index is 935. The highest BCUT2D eigenvalue weighted by atomic mass is 16.5. The fourth-order valence-corrected chi connectivity index (χ4v) is 3.50. The molecule has 160 valence electrons. The monoisotopic (exact) mass is 409 g/mol. The lowest BCUT2D eigenvalue weighted by atomic mass is 10.1. The Labute approximate surface area is 178 Å². The molecule has 1 amide bonds. The highest BCUT2D eigenvalue weighted by Gasteiger charge is 2.10. The summed E-state index contributed by atoms with van der Waals surface area (Å²) in [5, 5.41) is 2.99. The van der Waals surface area contributed by atoms with E-state index in [1.54, 1.807) is 31.4 Å². The van der Waals surface area contributed by atoms with Crippen LogP contribution in [0.2, 0.25) is 0 Å². The quantitative estimate of drug-likeness (QED) is 0.455. The Balaban J connectivity index is 1.44. The van der Waals surface area contributed by atoms with Gasteiger partial charge in [-0.3, -0.25) is 4.79 Å². The van der Waals surface area contributed by atoms with Gasteiger partial charge in [-0.2, -0.15) is 0 Å². The average Bonchev–Trinajstić information content (AvgIpc) is 3.13. The molecular formula is C24H31N3O3. The van der Waals surface area contributed by atoms with E-state index in [0.29, 0.717) is 18.7 Å². The van der Waals surface area contributed by atoms with Crippen LogP contribution in [0.5, 0.6) is 5.75 Å². The second-order valence-corrected chi connectivity index (χ2v) is 7.16. The topological polar surface area (TPSA) is 65.4 Å². The molecule has 3 aromatic rings. The van der Waals surface area contributed by atoms with Crippen LogP contribution in [0.15, 0.2) is 48.5 Å². The van der Waals surface area contributed by atoms with E-state index >= 15 is 0 Å². The number of hydrogen-bond donors (Lipinski definition) is 1. The first-order chi connectivity index (χ1) is 14.7. The third-order valence-corrected chi connectivity index (χ3v) is 5.11. The number of ether oxygens (including phenoxy) is 2. The Morgan fingerprint density at radius 2 is 1.87 bits per heavy atom. The highest BCUT2D eigenvalue weighted by Crippen LogP contribution is 2.18. The van der Waals surface area contributed by atoms with Crippen molar-refractivity contribution >= 4 is 16.9 Å². The molecule has 0 atom stereocenters. The maximum absolute atomic E-state index is 12.2. The molecular weight excluding hydrogens is 378 g/mol. The maximum Gasteiger partial charge on any atom is 0.251 e. The van der Waals surface area contributed by atoms with Crippen molar-refractivity contribution < 1.29 is 14.3 Å². The van der Waals surface area contributed by atoms with Crippen LogP contribution in [0.4, 0.5) is 0 Å². The number of para-hydroxylation sites is 2. The SMILES string of the molecule is CCOCCn1c(CCCCCNC(=O)c2ccc(OC)cc2)nc2ccccc21. The molecule has 0 aliphatic heterocycles. The van der Waals surface area contributed by atoms with Crippen LogP contribution < -0.4 is 10.1 Å². The van der Waals surface area contributed by atoms with Crippen molar-refractivity contribution in [3.05, 3.63) is 59.9 Å². The largest absolute Gasteiger partial charge is 0.497 e. The number of aryl methyl sites for hydroxylation is 1. The molecule has 1 aromatic heterocycles. The molecule has 0 aliphatic carbocycles. The number of carbonyl (C=O) groups excluding carboxylic acids is 1. The summed E-state index contributed by atoms with van der Waals surface area (Å²) in [6.07, 6.45) is 3.95. The molecule has 6 nitrogen and oxygen atoms in total. The van der Waals surface area contributed by atoms with Crippen molar-refractivity contribution in [1.82, 2.24) is 14.9 Å². The fraction of sp³-hybridized carbons (Fsp3) is 0.417. The first kappa shape index (κ1) is 21.8. The number of aromatic nitrogens is 2. The smallest absolute Gasteiger partial charge is 0.251 e. The van der Waals surface area contributed by atoms with Crippen molar-refractivity contribution in [2.45, 2.75) is 39.2 Å². The molecule has 2 aromatic carbocycles. The Hall–Kier alpha value is -2.86. The lowest BCUT2D eigenvalue weighted by Gasteiger charge is -2.09. The second kappa shape index (κ2) is 11.4. The average molecular weight is 410 g/mol. The van der Waals surface area contributed by atoms with Crippen LogP contribution >= 0.6 is 0 Å². The number of amides is 1. The molecule has 30 heavy (non-hydrogen) atoms. The minimum atomic E-state index is -0.0460. The van der Waals surface area contributed by atoms with E-state index in [1.165, 1.54) is 5.52 Å². The summed E-state index contributed by atoms with van der Waals surface area (Å²) in [4.78, 5) is 17.0. The van der Waals surface area contributed by atoms with E-state index in [-0.39, 0.29) is 5.91 Å². The van der Waals surface area contributed by atoms with E-state index in [0.717, 1.165) is 55.9 Å². The van der Waals surface area contributed by atoms with Crippen molar-refractivity contribution in [2.24, 2.45) is 0 Å². The van der Waals surface area contributed by atoms with Crippen LogP contribution in [0.3, 0.4) is 0 Å². The summed E-state index contributed by atoms with van der Waals surface area (Å²) in [7, 11) is 1.61. The van der Waals surface area contributed by atoms with Crippen LogP contribution in [0, 0.1) is 0 Å². The van der Waals surface area contributed by atoms with E-state index in [2.05, 4.69) is 28.1 Å². The first-order valence-corrected chi connectivity index (χ1v) is 10.7. The number of imidazole rings is 1. The Morgan fingerprint density at radius 3 is 2.63 bits per heavy atom. The number of benzene rings is 2. The van der Waals surface area contributed by atoms with Gasteiger partial charge < -0.3 is 19.4 Å². The number of nitrogens with one attached hydrogen (secondary N) is 1. The van der Waals surface area contributed by atoms with Crippen molar-refractivity contribution in [3.8, 4) is 5.75 Å². The summed E-state index contributed by atoms with van der Waals surface area (Å²) < 4.78 is 12.9. The summed E-state index contributed by atoms with van der Waals surface area (Å²) in [5.74, 6) is 1.81. The number of hydrogen-bond acceptors (Lipinski definition) is 4. The van der Waals surface area contributed by atoms with Gasteiger partial charge in [-0.15, -0.1) is 0 Å². The molecule has 3 rings (SSSR count). The van der Waals surface area contributed by atoms with Crippen molar-refractivity contribution in [2.75, 3.05) is 26.9 Å². The summed E-state index contributed by atoms with van der Waals surface area (Å²) >= 11 is 0. The number of nitrogens with zero attached hydrogens (tertiary/aromatic N) is 2. The van der Waals surface area contributed by atoms with Gasteiger partial charge >= 0.3 is 0 Å². The number of carbonyl (C=O) groups is 1. The molecule has 6 heteroatoms. The lowest BCUT2D eigenvalue weighted by Crippen LogP contribution is -2.24. The van der Waals surface area contributed by atoms with Gasteiger partial charge in [-0.25, -0.2) is 4.98 Å². The molecule has 0 fully saturated rings. The zero-order chi connectivity index (χ0) is 21.2. The van der Waals surface area contributed by atoms with Crippen molar-refractivity contribution in [1.29, 1.82) is 0 Å². The molecule has 0 saturated heterocycles. The third-order valence-electron chi connectivity index (χ3n) is 5.11. The van der Waals surface area contributed by atoms with E-state index in [1.807, 2.05) is 13.0 Å². The van der Waals surface area contributed by atoms with Gasteiger partial charge in [0.05, 0.1) is 24.8 Å². The van der Waals surface area contributed by atoms with Crippen molar-refractivity contribution in [3.63, 3.8) is 0 Å². The van der Waals surface area contributed by atoms with Crippen LogP contribution in [-0.4, -0.2) is 42.3 Å². The predicted octanol–water partition coefficient (Wildman–Crippen LogP) is 4.22. The minimum Gasteiger partial charge on any atom is -0.497 e. The van der Waals surface area contributed by atoms with Gasteiger partial charge in [-0.05, 0) is 56.2 Å². The standard InChI is InChI=1S/C24H31N3O3/c1-3-30-18-17-27-22-10-7-6-9-21(22)26-23(27)11-5-4-8-16-25-24(28)19-12-14-20(29-2)15-13-19/h6-7,9-10,12-15H,3-5,8,11,16-18H2,1-2H3,(H,25,28). The molecule has 0 aliphatic rings. The van der Waals surface area contributed by atoms with Gasteiger partial charge in [0, 0.05) is 31.7 Å². The molecule has 0 spiro atoms. The van der Waals surface area contributed by atoms with Gasteiger partial charge in [-0.1, -0.05) is 18.6 Å². The second-order valence-electron chi connectivity index (χ2n) is 7.16. The molecule has 0 saturated carbocycles. The number of methoxy groups -OCH3 is 1. The van der Waals surface area contributed by atoms with Gasteiger partial charge in [0.1, 0.15) is 11.6 Å². The molecule has 1 heterocycles. The third kappa shape index (κ3) is 5.83. The zero-order valence-electron chi connectivity index (χ0n) is 17.9. The fourth-order valence-electron chi connectivity index (χ4n) is 3.50. The molecule has 0 radical (unpaired) electrons. The van der Waals surface area contributed by atoms with Gasteiger partial charge in [0.15, 0.2) is 0 Å². The maximum atomic E-state index is 12.2. The number of fused-ring (bicyclic) bond motifs is 1. The molecule has 1 N–H and O–H groups in total. The highest BCUT2D eigenvalue weighted by molar-refractivity contribution is 5.94. The summed E-state index contributed by atoms with van der Waals surface area (Å²) in [6.45, 7) is 4.93. The molecule has 0 unspecified atom stereocenters. The Kier molecular flexibility index (Phi) is 8.27. The number of unbranched alkanes of at least 4 members (excludes halogenated alkanes) is 2. The lowest BCUT2D eigenvalue weighted by molar-refractivity contribution is 0.0953. The number of rotatable bonds is 12. The van der Waals surface area contributed by atoms with Gasteiger partial charge in [0.2, 0.25) is 0 Å². The summed E-state index contributed by atoms with van der Waals surface area (Å²) in [5.41, 5.74) is 2.86. The zero-order valence-corrected chi connectivity index (χ0v) is 17.9. The molecule has 0 bridgehead atoms. The first-order valence-electron chi connectivity index (χ1n) is 10.7. The van der Waals surface area contributed by atoms with E-state index in [4.69, 9.17) is 14.5 Å². The normalized spacial score (nSPS) is 11.0. The minimum absolute atomic E-state index is 0.0460. The van der Waals surface area contributed by atoms with Crippen LogP contribution in [0.25, 0.3) is 11.0 Å². The van der Waals surface area contributed by atoms with Crippen LogP contribution in [0.1, 0.15) is 42.4 Å². The van der Waals surface area contributed by atoms with Crippen LogP contribution in [-0.2, 0) is 17.7 Å². The van der Waals surface area contributed by atoms with E-state index in [9.17, 15) is 4.79 Å². The predicted molar refractivity (Wildman–Crippen MR) is 119 cm³/mol. The Morgan fingerprint density at radius 1 is 1.07 bits per heavy atom. The van der Waals surface area contributed by atoms with E-state index < -0.39 is 0 Å². The van der Waals surface area contributed by atoms with Gasteiger partial charge in [0.25, 0.3) is 5.91 Å². The summed E-state index contributed by atoms with van der Waals surface area (Å²) in [6, 6.07) is 15.4.